The van der Waals surface area contributed by atoms with Crippen LogP contribution in [-0.2, 0) is 12.8 Å². The van der Waals surface area contributed by atoms with Gasteiger partial charge in [-0.05, 0) is 47.5 Å². The van der Waals surface area contributed by atoms with Gasteiger partial charge in [-0.3, -0.25) is 4.79 Å². The molecule has 4 aromatic rings. The van der Waals surface area contributed by atoms with Crippen LogP contribution in [-0.4, -0.2) is 14.2 Å². The molecular weight excluding hydrogens is 437 g/mol. The van der Waals surface area contributed by atoms with E-state index in [1.807, 2.05) is 12.1 Å². The molecule has 0 atom stereocenters. The van der Waals surface area contributed by atoms with Crippen molar-refractivity contribution < 1.29 is 31.8 Å². The van der Waals surface area contributed by atoms with Crippen LogP contribution >= 0.6 is 0 Å². The summed E-state index contributed by atoms with van der Waals surface area (Å²) in [4.78, 5) is 13.1. The van der Waals surface area contributed by atoms with Crippen LogP contribution in [0.4, 0.5) is 13.2 Å². The highest BCUT2D eigenvalue weighted by Crippen LogP contribution is 2.38. The molecule has 4 rings (SSSR count). The number of halogens is 3. The highest BCUT2D eigenvalue weighted by molar-refractivity contribution is 5.84. The smallest absolute Gasteiger partial charge is 0.450 e. The van der Waals surface area contributed by atoms with E-state index in [0.717, 1.165) is 5.56 Å². The van der Waals surface area contributed by atoms with Crippen LogP contribution in [0.15, 0.2) is 75.9 Å². The first kappa shape index (κ1) is 22.3. The lowest BCUT2D eigenvalue weighted by atomic mass is 10.0. The van der Waals surface area contributed by atoms with E-state index in [4.69, 9.17) is 18.6 Å². The standard InChI is InChI=1S/C25H19F3O5/c1-30-17-7-3-15(4-8-17)14-32-19-11-12-20-21(13-19)33-24(25(26,27)28)22(23(20)29)16-5-9-18(31-2)10-6-16/h3-13H,14H2,1-2H3. The van der Waals surface area contributed by atoms with Crippen molar-refractivity contribution in [3.63, 3.8) is 0 Å². The summed E-state index contributed by atoms with van der Waals surface area (Å²) in [6.07, 6.45) is -4.87. The Balaban J connectivity index is 1.73. The highest BCUT2D eigenvalue weighted by atomic mass is 19.4. The summed E-state index contributed by atoms with van der Waals surface area (Å²) in [5.41, 5.74) is -0.626. The van der Waals surface area contributed by atoms with E-state index in [2.05, 4.69) is 0 Å². The highest BCUT2D eigenvalue weighted by Gasteiger charge is 2.39. The van der Waals surface area contributed by atoms with Crippen LogP contribution in [0.25, 0.3) is 22.1 Å². The molecule has 0 spiro atoms. The summed E-state index contributed by atoms with van der Waals surface area (Å²) >= 11 is 0. The van der Waals surface area contributed by atoms with Crippen molar-refractivity contribution in [3.8, 4) is 28.4 Å². The molecule has 1 aromatic heterocycles. The van der Waals surface area contributed by atoms with Gasteiger partial charge in [0.05, 0.1) is 25.2 Å². The second-order valence-electron chi connectivity index (χ2n) is 7.16. The van der Waals surface area contributed by atoms with E-state index >= 15 is 0 Å². The number of fused-ring (bicyclic) bond motifs is 1. The lowest BCUT2D eigenvalue weighted by Crippen LogP contribution is -2.16. The predicted octanol–water partition coefficient (Wildman–Crippen LogP) is 6.08. The first-order chi connectivity index (χ1) is 15.8. The number of rotatable bonds is 6. The number of hydrogen-bond donors (Lipinski definition) is 0. The third-order valence-electron chi connectivity index (χ3n) is 5.06. The molecule has 0 N–H and O–H groups in total. The molecule has 5 nitrogen and oxygen atoms in total. The molecular formula is C25H19F3O5. The van der Waals surface area contributed by atoms with E-state index in [0.29, 0.717) is 11.5 Å². The largest absolute Gasteiger partial charge is 0.497 e. The Hall–Kier alpha value is -3.94. The summed E-state index contributed by atoms with van der Waals surface area (Å²) in [6.45, 7) is 0.176. The average molecular weight is 456 g/mol. The Labute approximate surface area is 186 Å². The molecule has 170 valence electrons. The van der Waals surface area contributed by atoms with Gasteiger partial charge in [-0.2, -0.15) is 13.2 Å². The molecule has 0 unspecified atom stereocenters. The van der Waals surface area contributed by atoms with Crippen molar-refractivity contribution in [1.82, 2.24) is 0 Å². The number of alkyl halides is 3. The van der Waals surface area contributed by atoms with E-state index in [1.165, 1.54) is 49.6 Å². The molecule has 0 aliphatic carbocycles. The van der Waals surface area contributed by atoms with Gasteiger partial charge in [0.2, 0.25) is 11.2 Å². The van der Waals surface area contributed by atoms with Crippen LogP contribution in [0.2, 0.25) is 0 Å². The molecule has 0 bridgehead atoms. The topological polar surface area (TPSA) is 57.9 Å². The third-order valence-corrected chi connectivity index (χ3v) is 5.06. The van der Waals surface area contributed by atoms with E-state index < -0.39 is 22.9 Å². The minimum Gasteiger partial charge on any atom is -0.497 e. The molecule has 0 amide bonds. The van der Waals surface area contributed by atoms with Crippen molar-refractivity contribution in [3.05, 3.63) is 88.3 Å². The lowest BCUT2D eigenvalue weighted by molar-refractivity contribution is -0.152. The van der Waals surface area contributed by atoms with Crippen LogP contribution in [0.1, 0.15) is 11.3 Å². The maximum absolute atomic E-state index is 13.8. The van der Waals surface area contributed by atoms with Gasteiger partial charge in [0, 0.05) is 6.07 Å². The Kier molecular flexibility index (Phi) is 6.00. The third kappa shape index (κ3) is 4.64. The zero-order chi connectivity index (χ0) is 23.6. The second-order valence-corrected chi connectivity index (χ2v) is 7.16. The minimum atomic E-state index is -4.87. The zero-order valence-electron chi connectivity index (χ0n) is 17.7. The molecule has 1 heterocycles. The molecule has 0 aliphatic heterocycles. The van der Waals surface area contributed by atoms with E-state index in [1.54, 1.807) is 19.2 Å². The van der Waals surface area contributed by atoms with E-state index in [-0.39, 0.29) is 28.9 Å². The molecule has 0 aliphatic rings. The Morgan fingerprint density at radius 1 is 0.818 bits per heavy atom. The fourth-order valence-corrected chi connectivity index (χ4v) is 3.37. The van der Waals surface area contributed by atoms with Crippen LogP contribution < -0.4 is 19.6 Å². The molecule has 3 aromatic carbocycles. The van der Waals surface area contributed by atoms with Gasteiger partial charge in [0.25, 0.3) is 0 Å². The monoisotopic (exact) mass is 456 g/mol. The van der Waals surface area contributed by atoms with Gasteiger partial charge < -0.3 is 18.6 Å². The molecule has 8 heteroatoms. The summed E-state index contributed by atoms with van der Waals surface area (Å²) in [7, 11) is 3.00. The van der Waals surface area contributed by atoms with Gasteiger partial charge in [0.15, 0.2) is 0 Å². The Morgan fingerprint density at radius 2 is 1.39 bits per heavy atom. The van der Waals surface area contributed by atoms with Gasteiger partial charge in [-0.25, -0.2) is 0 Å². The van der Waals surface area contributed by atoms with Crippen LogP contribution in [0.3, 0.4) is 0 Å². The molecule has 0 radical (unpaired) electrons. The molecule has 33 heavy (non-hydrogen) atoms. The Bertz CT molecular complexity index is 1320. The van der Waals surface area contributed by atoms with Gasteiger partial charge in [0.1, 0.15) is 29.4 Å². The molecule has 0 fully saturated rings. The maximum Gasteiger partial charge on any atom is 0.450 e. The number of ether oxygens (including phenoxy) is 3. The average Bonchev–Trinajstić information content (AvgIpc) is 2.82. The molecule has 0 saturated heterocycles. The zero-order valence-corrected chi connectivity index (χ0v) is 17.7. The van der Waals surface area contributed by atoms with Crippen molar-refractivity contribution in [2.75, 3.05) is 14.2 Å². The number of hydrogen-bond acceptors (Lipinski definition) is 5. The summed E-state index contributed by atoms with van der Waals surface area (Å²) in [6, 6.07) is 17.1. The summed E-state index contributed by atoms with van der Waals surface area (Å²) in [5.74, 6) is 0.0546. The first-order valence-corrected chi connectivity index (χ1v) is 9.88. The summed E-state index contributed by atoms with van der Waals surface area (Å²) in [5, 5.41) is 0.0191. The summed E-state index contributed by atoms with van der Waals surface area (Å²) < 4.78 is 62.5. The quantitative estimate of drug-likeness (QED) is 0.352. The van der Waals surface area contributed by atoms with Crippen molar-refractivity contribution in [2.24, 2.45) is 0 Å². The van der Waals surface area contributed by atoms with Crippen molar-refractivity contribution >= 4 is 11.0 Å². The van der Waals surface area contributed by atoms with Crippen molar-refractivity contribution in [2.45, 2.75) is 12.8 Å². The van der Waals surface area contributed by atoms with Gasteiger partial charge in [-0.15, -0.1) is 0 Å². The number of benzene rings is 3. The molecule has 0 saturated carbocycles. The van der Waals surface area contributed by atoms with Crippen molar-refractivity contribution in [1.29, 1.82) is 0 Å². The lowest BCUT2D eigenvalue weighted by Gasteiger charge is -2.14. The Morgan fingerprint density at radius 3 is 1.97 bits per heavy atom. The predicted molar refractivity (Wildman–Crippen MR) is 117 cm³/mol. The SMILES string of the molecule is COc1ccc(COc2ccc3c(=O)c(-c4ccc(OC)cc4)c(C(F)(F)F)oc3c2)cc1. The van der Waals surface area contributed by atoms with Gasteiger partial charge >= 0.3 is 6.18 Å². The van der Waals surface area contributed by atoms with Crippen LogP contribution in [0, 0.1) is 0 Å². The first-order valence-electron chi connectivity index (χ1n) is 9.88. The van der Waals surface area contributed by atoms with Crippen LogP contribution in [0.5, 0.6) is 17.2 Å². The fourth-order valence-electron chi connectivity index (χ4n) is 3.37. The number of methoxy groups -OCH3 is 2. The van der Waals surface area contributed by atoms with Gasteiger partial charge in [-0.1, -0.05) is 24.3 Å². The second kappa shape index (κ2) is 8.90. The maximum atomic E-state index is 13.8. The fraction of sp³-hybridized carbons (Fsp3) is 0.160. The minimum absolute atomic E-state index is 0.0191. The van der Waals surface area contributed by atoms with E-state index in [9.17, 15) is 18.0 Å². The normalized spacial score (nSPS) is 11.4.